The van der Waals surface area contributed by atoms with Crippen LogP contribution in [0.15, 0.2) is 48.5 Å². The van der Waals surface area contributed by atoms with E-state index in [2.05, 4.69) is 39.7 Å². The van der Waals surface area contributed by atoms with Crippen molar-refractivity contribution in [1.82, 2.24) is 19.4 Å². The van der Waals surface area contributed by atoms with Crippen molar-refractivity contribution >= 4 is 27.8 Å². The average Bonchev–Trinajstić information content (AvgIpc) is 3.25. The zero-order valence-corrected chi connectivity index (χ0v) is 15.4. The first kappa shape index (κ1) is 16.1. The topological polar surface area (TPSA) is 53.9 Å². The highest BCUT2D eigenvalue weighted by atomic mass is 16.2. The number of carbonyl (C=O) groups excluding carboxylic acids is 1. The Bertz CT molecular complexity index is 1150. The minimum absolute atomic E-state index is 0.156. The normalized spacial score (nSPS) is 14.0. The largest absolute Gasteiger partial charge is 0.358 e. The molecule has 5 nitrogen and oxygen atoms in total. The van der Waals surface area contributed by atoms with E-state index < -0.39 is 0 Å². The summed E-state index contributed by atoms with van der Waals surface area (Å²) in [7, 11) is 0. The summed E-state index contributed by atoms with van der Waals surface area (Å²) < 4.78 is 2.07. The molecule has 136 valence electrons. The number of benzene rings is 2. The lowest BCUT2D eigenvalue weighted by atomic mass is 10.0. The first-order chi connectivity index (χ1) is 13.2. The molecule has 1 amide bonds. The van der Waals surface area contributed by atoms with E-state index in [1.807, 2.05) is 35.2 Å². The Kier molecular flexibility index (Phi) is 3.74. The molecule has 27 heavy (non-hydrogen) atoms. The smallest absolute Gasteiger partial charge is 0.242 e. The number of nitrogens with one attached hydrogen (secondary N) is 1. The Hall–Kier alpha value is -3.08. The van der Waals surface area contributed by atoms with Crippen molar-refractivity contribution in [2.24, 2.45) is 0 Å². The molecule has 0 atom stereocenters. The van der Waals surface area contributed by atoms with Crippen molar-refractivity contribution in [2.45, 2.75) is 32.9 Å². The van der Waals surface area contributed by atoms with Gasteiger partial charge in [-0.1, -0.05) is 37.3 Å². The second kappa shape index (κ2) is 6.27. The van der Waals surface area contributed by atoms with Crippen molar-refractivity contribution in [2.75, 3.05) is 6.54 Å². The zero-order chi connectivity index (χ0) is 18.4. The molecule has 5 rings (SSSR count). The molecule has 1 N–H and O–H groups in total. The molecule has 0 unspecified atom stereocenters. The van der Waals surface area contributed by atoms with Gasteiger partial charge in [0.1, 0.15) is 12.4 Å². The van der Waals surface area contributed by atoms with E-state index in [0.29, 0.717) is 13.1 Å². The summed E-state index contributed by atoms with van der Waals surface area (Å²) in [4.78, 5) is 23.3. The molecule has 2 aromatic heterocycles. The van der Waals surface area contributed by atoms with E-state index in [-0.39, 0.29) is 5.91 Å². The highest BCUT2D eigenvalue weighted by molar-refractivity contribution is 5.86. The minimum atomic E-state index is 0.156. The standard InChI is InChI=1S/C22H22N4O/c1-2-21-24-19-9-5-6-10-20(19)26(21)14-22(27)25-12-11-18-16(13-25)15-7-3-4-8-17(15)23-18/h3-10,23H,2,11-14H2,1H3. The van der Waals surface area contributed by atoms with Gasteiger partial charge < -0.3 is 14.5 Å². The first-order valence-electron chi connectivity index (χ1n) is 9.55. The molecule has 3 heterocycles. The molecule has 0 aliphatic carbocycles. The van der Waals surface area contributed by atoms with Gasteiger partial charge in [-0.25, -0.2) is 4.98 Å². The number of H-pyrrole nitrogens is 1. The molecule has 5 heteroatoms. The lowest BCUT2D eigenvalue weighted by Crippen LogP contribution is -2.38. The number of carbonyl (C=O) groups is 1. The maximum atomic E-state index is 13.1. The van der Waals surface area contributed by atoms with Crippen LogP contribution in [-0.2, 0) is 30.7 Å². The molecular formula is C22H22N4O. The number of imidazole rings is 1. The number of aryl methyl sites for hydroxylation is 1. The van der Waals surface area contributed by atoms with Gasteiger partial charge in [0.15, 0.2) is 0 Å². The first-order valence-corrected chi connectivity index (χ1v) is 9.55. The van der Waals surface area contributed by atoms with Gasteiger partial charge in [0.05, 0.1) is 11.0 Å². The molecule has 0 saturated heterocycles. The highest BCUT2D eigenvalue weighted by Crippen LogP contribution is 2.28. The molecular weight excluding hydrogens is 336 g/mol. The number of aromatic nitrogens is 3. The van der Waals surface area contributed by atoms with Crippen LogP contribution in [0.2, 0.25) is 0 Å². The molecule has 1 aliphatic heterocycles. The maximum absolute atomic E-state index is 13.1. The molecule has 0 radical (unpaired) electrons. The quantitative estimate of drug-likeness (QED) is 0.608. The summed E-state index contributed by atoms with van der Waals surface area (Å²) in [5.74, 6) is 1.12. The van der Waals surface area contributed by atoms with Gasteiger partial charge in [0.25, 0.3) is 0 Å². The SMILES string of the molecule is CCc1nc2ccccc2n1CC(=O)N1CCc2[nH]c3ccccc3c2C1. The van der Waals surface area contributed by atoms with Gasteiger partial charge in [-0.15, -0.1) is 0 Å². The van der Waals surface area contributed by atoms with Crippen molar-refractivity contribution in [3.63, 3.8) is 0 Å². The summed E-state index contributed by atoms with van der Waals surface area (Å²) in [6.07, 6.45) is 1.69. The summed E-state index contributed by atoms with van der Waals surface area (Å²) >= 11 is 0. The predicted octanol–water partition coefficient (Wildman–Crippen LogP) is 3.66. The zero-order valence-electron chi connectivity index (χ0n) is 15.4. The van der Waals surface area contributed by atoms with Crippen LogP contribution in [0.25, 0.3) is 21.9 Å². The number of nitrogens with zero attached hydrogens (tertiary/aromatic N) is 3. The monoisotopic (exact) mass is 358 g/mol. The summed E-state index contributed by atoms with van der Waals surface area (Å²) in [6.45, 7) is 3.86. The Morgan fingerprint density at radius 2 is 1.96 bits per heavy atom. The third-order valence-corrected chi connectivity index (χ3v) is 5.58. The fourth-order valence-corrected chi connectivity index (χ4v) is 4.19. The van der Waals surface area contributed by atoms with Crippen molar-refractivity contribution < 1.29 is 4.79 Å². The lowest BCUT2D eigenvalue weighted by molar-refractivity contribution is -0.132. The van der Waals surface area contributed by atoms with E-state index in [1.165, 1.54) is 16.6 Å². The van der Waals surface area contributed by atoms with Crippen LogP contribution in [0.4, 0.5) is 0 Å². The fourth-order valence-electron chi connectivity index (χ4n) is 4.19. The van der Waals surface area contributed by atoms with Gasteiger partial charge in [-0.05, 0) is 18.2 Å². The van der Waals surface area contributed by atoms with Crippen LogP contribution in [0.5, 0.6) is 0 Å². The van der Waals surface area contributed by atoms with E-state index in [4.69, 9.17) is 0 Å². The van der Waals surface area contributed by atoms with Gasteiger partial charge in [-0.2, -0.15) is 0 Å². The molecule has 1 aliphatic rings. The number of amides is 1. The number of fused-ring (bicyclic) bond motifs is 4. The molecule has 0 fully saturated rings. The van der Waals surface area contributed by atoms with Crippen LogP contribution < -0.4 is 0 Å². The van der Waals surface area contributed by atoms with Crippen LogP contribution in [0, 0.1) is 0 Å². The minimum Gasteiger partial charge on any atom is -0.358 e. The van der Waals surface area contributed by atoms with Gasteiger partial charge in [-0.3, -0.25) is 4.79 Å². The highest BCUT2D eigenvalue weighted by Gasteiger charge is 2.25. The van der Waals surface area contributed by atoms with Crippen molar-refractivity contribution in [3.05, 3.63) is 65.6 Å². The molecule has 0 spiro atoms. The summed E-state index contributed by atoms with van der Waals surface area (Å²) in [6, 6.07) is 16.4. The molecule has 4 aromatic rings. The van der Waals surface area contributed by atoms with E-state index in [9.17, 15) is 4.79 Å². The van der Waals surface area contributed by atoms with Crippen LogP contribution in [0.1, 0.15) is 24.0 Å². The molecule has 0 bridgehead atoms. The fraction of sp³-hybridized carbons (Fsp3) is 0.273. The predicted molar refractivity (Wildman–Crippen MR) is 107 cm³/mol. The number of aromatic amines is 1. The number of hydrogen-bond acceptors (Lipinski definition) is 2. The maximum Gasteiger partial charge on any atom is 0.242 e. The number of hydrogen-bond donors (Lipinski definition) is 1. The van der Waals surface area contributed by atoms with Crippen molar-refractivity contribution in [1.29, 1.82) is 0 Å². The molecule has 2 aromatic carbocycles. The molecule has 0 saturated carbocycles. The van der Waals surface area contributed by atoms with Crippen LogP contribution in [0.3, 0.4) is 0 Å². The Balaban J connectivity index is 1.44. The third-order valence-electron chi connectivity index (χ3n) is 5.58. The van der Waals surface area contributed by atoms with Crippen LogP contribution >= 0.6 is 0 Å². The van der Waals surface area contributed by atoms with Crippen LogP contribution in [-0.4, -0.2) is 31.9 Å². The van der Waals surface area contributed by atoms with E-state index >= 15 is 0 Å². The third kappa shape index (κ3) is 2.62. The van der Waals surface area contributed by atoms with E-state index in [1.54, 1.807) is 0 Å². The summed E-state index contributed by atoms with van der Waals surface area (Å²) in [5, 5.41) is 1.23. The second-order valence-corrected chi connectivity index (χ2v) is 7.15. The Labute approximate surface area is 157 Å². The Morgan fingerprint density at radius 1 is 1.15 bits per heavy atom. The lowest BCUT2D eigenvalue weighted by Gasteiger charge is -2.27. The van der Waals surface area contributed by atoms with Gasteiger partial charge in [0.2, 0.25) is 5.91 Å². The van der Waals surface area contributed by atoms with E-state index in [0.717, 1.165) is 41.8 Å². The number of rotatable bonds is 3. The second-order valence-electron chi connectivity index (χ2n) is 7.15. The van der Waals surface area contributed by atoms with Gasteiger partial charge in [0, 0.05) is 48.1 Å². The number of para-hydroxylation sites is 3. The average molecular weight is 358 g/mol. The van der Waals surface area contributed by atoms with Crippen molar-refractivity contribution in [3.8, 4) is 0 Å². The summed E-state index contributed by atoms with van der Waals surface area (Å²) in [5.41, 5.74) is 5.68. The Morgan fingerprint density at radius 3 is 2.85 bits per heavy atom. The van der Waals surface area contributed by atoms with Gasteiger partial charge >= 0.3 is 0 Å².